The molecule has 0 amide bonds. The highest BCUT2D eigenvalue weighted by molar-refractivity contribution is 4.47. The Hall–Kier alpha value is -0.0400. The molecule has 0 heterocycles. The van der Waals surface area contributed by atoms with Crippen molar-refractivity contribution >= 4 is 0 Å². The van der Waals surface area contributed by atoms with Gasteiger partial charge in [0.1, 0.15) is 0 Å². The van der Waals surface area contributed by atoms with Crippen LogP contribution in [0.4, 0.5) is 0 Å². The van der Waals surface area contributed by atoms with Crippen LogP contribution in [-0.2, 0) is 4.74 Å². The van der Waals surface area contributed by atoms with Gasteiger partial charge in [0, 0.05) is 6.61 Å². The molecule has 1 radical (unpaired) electrons. The van der Waals surface area contributed by atoms with Crippen LogP contribution in [0.25, 0.3) is 0 Å². The van der Waals surface area contributed by atoms with Crippen molar-refractivity contribution in [3.63, 3.8) is 0 Å². The van der Waals surface area contributed by atoms with Gasteiger partial charge in [-0.15, -0.1) is 0 Å². The maximum absolute atomic E-state index is 5.19. The standard InChI is InChI=1S/C8H17O/c1-3-5-7-9-8-6-4-2/h7H,3-6,8H2,1-2H3. The Kier molecular flexibility index (Phi) is 7.92. The van der Waals surface area contributed by atoms with E-state index in [0.29, 0.717) is 0 Å². The van der Waals surface area contributed by atoms with E-state index in [1.54, 1.807) is 0 Å². The molecule has 0 fully saturated rings. The van der Waals surface area contributed by atoms with Crippen molar-refractivity contribution in [3.05, 3.63) is 6.61 Å². The molecule has 0 atom stereocenters. The van der Waals surface area contributed by atoms with E-state index < -0.39 is 0 Å². The Morgan fingerprint density at radius 2 is 2.00 bits per heavy atom. The molecule has 55 valence electrons. The lowest BCUT2D eigenvalue weighted by Gasteiger charge is -1.98. The fraction of sp³-hybridized carbons (Fsp3) is 0.875. The Balaban J connectivity index is 2.60. The third-order valence-corrected chi connectivity index (χ3v) is 1.14. The van der Waals surface area contributed by atoms with Gasteiger partial charge in [-0.05, 0) is 12.8 Å². The molecule has 0 aliphatic heterocycles. The molecule has 0 aliphatic rings. The first-order chi connectivity index (χ1) is 4.41. The summed E-state index contributed by atoms with van der Waals surface area (Å²) in [7, 11) is 0. The summed E-state index contributed by atoms with van der Waals surface area (Å²) in [5.41, 5.74) is 0. The van der Waals surface area contributed by atoms with Crippen LogP contribution in [0.15, 0.2) is 0 Å². The SMILES string of the molecule is CCC[CH]OCCCC. The van der Waals surface area contributed by atoms with Crippen LogP contribution in [0.3, 0.4) is 0 Å². The molecule has 9 heavy (non-hydrogen) atoms. The second-order valence-corrected chi connectivity index (χ2v) is 2.18. The molecule has 0 N–H and O–H groups in total. The average molecular weight is 129 g/mol. The fourth-order valence-corrected chi connectivity index (χ4v) is 0.512. The van der Waals surface area contributed by atoms with Crippen molar-refractivity contribution in [3.8, 4) is 0 Å². The maximum atomic E-state index is 5.19. The lowest BCUT2D eigenvalue weighted by atomic mass is 10.3. The van der Waals surface area contributed by atoms with Crippen molar-refractivity contribution in [2.75, 3.05) is 6.61 Å². The molecule has 0 saturated heterocycles. The largest absolute Gasteiger partial charge is 0.376 e. The van der Waals surface area contributed by atoms with Crippen molar-refractivity contribution in [1.82, 2.24) is 0 Å². The summed E-state index contributed by atoms with van der Waals surface area (Å²) in [5.74, 6) is 0. The van der Waals surface area contributed by atoms with E-state index in [-0.39, 0.29) is 0 Å². The summed E-state index contributed by atoms with van der Waals surface area (Å²) in [4.78, 5) is 0. The van der Waals surface area contributed by atoms with Gasteiger partial charge in [-0.2, -0.15) is 0 Å². The first-order valence-corrected chi connectivity index (χ1v) is 3.85. The molecule has 0 unspecified atom stereocenters. The number of rotatable bonds is 6. The van der Waals surface area contributed by atoms with Crippen LogP contribution < -0.4 is 0 Å². The first-order valence-electron chi connectivity index (χ1n) is 3.85. The Morgan fingerprint density at radius 3 is 2.56 bits per heavy atom. The second-order valence-electron chi connectivity index (χ2n) is 2.18. The van der Waals surface area contributed by atoms with E-state index in [1.165, 1.54) is 19.3 Å². The molecule has 0 aliphatic carbocycles. The summed E-state index contributed by atoms with van der Waals surface area (Å²) >= 11 is 0. The summed E-state index contributed by atoms with van der Waals surface area (Å²) in [6.07, 6.45) is 4.68. The predicted molar refractivity (Wildman–Crippen MR) is 40.1 cm³/mol. The van der Waals surface area contributed by atoms with E-state index >= 15 is 0 Å². The molecule has 0 aromatic rings. The Labute approximate surface area is 58.4 Å². The van der Waals surface area contributed by atoms with Crippen LogP contribution in [-0.4, -0.2) is 6.61 Å². The van der Waals surface area contributed by atoms with Gasteiger partial charge < -0.3 is 4.74 Å². The molecular formula is C8H17O. The van der Waals surface area contributed by atoms with Gasteiger partial charge >= 0.3 is 0 Å². The summed E-state index contributed by atoms with van der Waals surface area (Å²) < 4.78 is 5.19. The highest BCUT2D eigenvalue weighted by Crippen LogP contribution is 1.95. The van der Waals surface area contributed by atoms with Gasteiger partial charge in [-0.3, -0.25) is 0 Å². The van der Waals surface area contributed by atoms with Gasteiger partial charge in [0.25, 0.3) is 0 Å². The molecule has 0 rings (SSSR count). The molecule has 0 spiro atoms. The lowest BCUT2D eigenvalue weighted by Crippen LogP contribution is -1.89. The van der Waals surface area contributed by atoms with E-state index in [2.05, 4.69) is 13.8 Å². The molecule has 1 nitrogen and oxygen atoms in total. The van der Waals surface area contributed by atoms with Crippen LogP contribution >= 0.6 is 0 Å². The number of hydrogen-bond acceptors (Lipinski definition) is 1. The van der Waals surface area contributed by atoms with E-state index in [0.717, 1.165) is 13.0 Å². The number of hydrogen-bond donors (Lipinski definition) is 0. The lowest BCUT2D eigenvalue weighted by molar-refractivity contribution is 0.187. The normalized spacial score (nSPS) is 10.0. The predicted octanol–water partition coefficient (Wildman–Crippen LogP) is 2.76. The molecular weight excluding hydrogens is 112 g/mol. The highest BCUT2D eigenvalue weighted by Gasteiger charge is 1.85. The monoisotopic (exact) mass is 129 g/mol. The van der Waals surface area contributed by atoms with Gasteiger partial charge in [-0.25, -0.2) is 0 Å². The third kappa shape index (κ3) is 7.96. The summed E-state index contributed by atoms with van der Waals surface area (Å²) in [6.45, 7) is 7.13. The Morgan fingerprint density at radius 1 is 1.22 bits per heavy atom. The molecule has 0 aromatic heterocycles. The zero-order chi connectivity index (χ0) is 6.95. The van der Waals surface area contributed by atoms with Crippen LogP contribution in [0.1, 0.15) is 39.5 Å². The van der Waals surface area contributed by atoms with Crippen LogP contribution in [0.5, 0.6) is 0 Å². The molecule has 0 aromatic carbocycles. The van der Waals surface area contributed by atoms with E-state index in [4.69, 9.17) is 4.74 Å². The fourth-order valence-electron chi connectivity index (χ4n) is 0.512. The highest BCUT2D eigenvalue weighted by atomic mass is 16.5. The van der Waals surface area contributed by atoms with Crippen LogP contribution in [0, 0.1) is 6.61 Å². The van der Waals surface area contributed by atoms with Crippen LogP contribution in [0.2, 0.25) is 0 Å². The third-order valence-electron chi connectivity index (χ3n) is 1.14. The molecule has 0 bridgehead atoms. The van der Waals surface area contributed by atoms with E-state index in [1.807, 2.05) is 6.61 Å². The zero-order valence-corrected chi connectivity index (χ0v) is 6.52. The maximum Gasteiger partial charge on any atom is 0.0836 e. The topological polar surface area (TPSA) is 9.23 Å². The molecule has 0 saturated carbocycles. The first kappa shape index (κ1) is 8.96. The van der Waals surface area contributed by atoms with Crippen molar-refractivity contribution in [2.45, 2.75) is 39.5 Å². The van der Waals surface area contributed by atoms with Crippen molar-refractivity contribution in [2.24, 2.45) is 0 Å². The second kappa shape index (κ2) is 7.96. The minimum absolute atomic E-state index is 0.899. The van der Waals surface area contributed by atoms with Gasteiger partial charge in [0.15, 0.2) is 0 Å². The van der Waals surface area contributed by atoms with Crippen molar-refractivity contribution in [1.29, 1.82) is 0 Å². The van der Waals surface area contributed by atoms with Gasteiger partial charge in [0.05, 0.1) is 6.61 Å². The van der Waals surface area contributed by atoms with Gasteiger partial charge in [-0.1, -0.05) is 26.7 Å². The minimum atomic E-state index is 0.899. The quantitative estimate of drug-likeness (QED) is 0.501. The number of unbranched alkanes of at least 4 members (excludes halogenated alkanes) is 2. The summed E-state index contributed by atoms with van der Waals surface area (Å²) in [5, 5.41) is 0. The average Bonchev–Trinajstić information content (AvgIpc) is 1.89. The van der Waals surface area contributed by atoms with Gasteiger partial charge in [0.2, 0.25) is 0 Å². The zero-order valence-electron chi connectivity index (χ0n) is 6.52. The molecule has 1 heteroatoms. The van der Waals surface area contributed by atoms with E-state index in [9.17, 15) is 0 Å². The number of ether oxygens (including phenoxy) is 1. The summed E-state index contributed by atoms with van der Waals surface area (Å²) in [6, 6.07) is 0. The Bertz CT molecular complexity index is 37.8. The smallest absolute Gasteiger partial charge is 0.0836 e. The van der Waals surface area contributed by atoms with Crippen molar-refractivity contribution < 1.29 is 4.74 Å². The minimum Gasteiger partial charge on any atom is -0.376 e.